The number of amides is 1. The zero-order chi connectivity index (χ0) is 20.3. The van der Waals surface area contributed by atoms with Crippen molar-refractivity contribution >= 4 is 17.6 Å². The molecule has 0 spiro atoms. The van der Waals surface area contributed by atoms with Crippen LogP contribution < -0.4 is 4.90 Å². The van der Waals surface area contributed by atoms with Crippen LogP contribution in [0.25, 0.3) is 0 Å². The number of halogens is 2. The van der Waals surface area contributed by atoms with E-state index in [1.54, 1.807) is 7.05 Å². The second-order valence-corrected chi connectivity index (χ2v) is 7.06. The molecule has 148 valence electrons. The Morgan fingerprint density at radius 3 is 2.46 bits per heavy atom. The van der Waals surface area contributed by atoms with Crippen LogP contribution in [0.1, 0.15) is 28.8 Å². The van der Waals surface area contributed by atoms with Gasteiger partial charge in [0.1, 0.15) is 0 Å². The summed E-state index contributed by atoms with van der Waals surface area (Å²) >= 11 is 0. The number of carbonyl (C=O) groups is 2. The van der Waals surface area contributed by atoms with Crippen molar-refractivity contribution < 1.29 is 23.5 Å². The minimum absolute atomic E-state index is 0.0910. The topological polar surface area (TPSA) is 60.9 Å². The lowest BCUT2D eigenvalue weighted by Gasteiger charge is -2.32. The molecule has 1 heterocycles. The van der Waals surface area contributed by atoms with Gasteiger partial charge in [0.15, 0.2) is 11.6 Å². The van der Waals surface area contributed by atoms with Crippen LogP contribution >= 0.6 is 0 Å². The van der Waals surface area contributed by atoms with Gasteiger partial charge in [-0.3, -0.25) is 9.59 Å². The average molecular weight is 388 g/mol. The third-order valence-corrected chi connectivity index (χ3v) is 5.05. The Morgan fingerprint density at radius 2 is 1.82 bits per heavy atom. The van der Waals surface area contributed by atoms with Crippen LogP contribution in [-0.4, -0.2) is 42.0 Å². The van der Waals surface area contributed by atoms with Gasteiger partial charge >= 0.3 is 5.97 Å². The number of carbonyl (C=O) groups excluding carboxylic acids is 1. The number of aliphatic carboxylic acids is 1. The highest BCUT2D eigenvalue weighted by molar-refractivity contribution is 5.94. The van der Waals surface area contributed by atoms with Crippen molar-refractivity contribution in [3.8, 4) is 0 Å². The fourth-order valence-electron chi connectivity index (χ4n) is 3.43. The molecule has 1 aliphatic heterocycles. The largest absolute Gasteiger partial charge is 0.481 e. The van der Waals surface area contributed by atoms with Crippen molar-refractivity contribution in [2.45, 2.75) is 19.4 Å². The van der Waals surface area contributed by atoms with Crippen LogP contribution in [0.15, 0.2) is 42.5 Å². The molecule has 5 nitrogen and oxygen atoms in total. The highest BCUT2D eigenvalue weighted by Gasteiger charge is 2.24. The van der Waals surface area contributed by atoms with Crippen LogP contribution in [0.2, 0.25) is 0 Å². The number of benzene rings is 2. The van der Waals surface area contributed by atoms with Crippen molar-refractivity contribution in [3.05, 3.63) is 65.2 Å². The molecule has 1 aliphatic rings. The number of hydrogen-bond acceptors (Lipinski definition) is 3. The van der Waals surface area contributed by atoms with E-state index < -0.39 is 23.5 Å². The van der Waals surface area contributed by atoms with E-state index in [1.807, 2.05) is 24.3 Å². The van der Waals surface area contributed by atoms with Gasteiger partial charge in [0.2, 0.25) is 0 Å². The number of carboxylic acids is 1. The first-order chi connectivity index (χ1) is 13.3. The Labute approximate surface area is 162 Å². The van der Waals surface area contributed by atoms with Crippen molar-refractivity contribution in [1.29, 1.82) is 0 Å². The lowest BCUT2D eigenvalue weighted by atomic mass is 9.96. The van der Waals surface area contributed by atoms with Crippen LogP contribution in [0.3, 0.4) is 0 Å². The predicted molar refractivity (Wildman–Crippen MR) is 101 cm³/mol. The van der Waals surface area contributed by atoms with E-state index in [2.05, 4.69) is 4.90 Å². The average Bonchev–Trinajstić information content (AvgIpc) is 2.69. The molecule has 1 amide bonds. The van der Waals surface area contributed by atoms with Gasteiger partial charge in [-0.1, -0.05) is 12.1 Å². The number of anilines is 1. The molecule has 0 aliphatic carbocycles. The Hall–Kier alpha value is -2.96. The molecule has 0 aromatic heterocycles. The Balaban J connectivity index is 1.66. The number of piperidine rings is 1. The number of nitrogens with zero attached hydrogens (tertiary/aromatic N) is 2. The number of rotatable bonds is 5. The minimum Gasteiger partial charge on any atom is -0.481 e. The quantitative estimate of drug-likeness (QED) is 0.851. The Morgan fingerprint density at radius 1 is 1.11 bits per heavy atom. The summed E-state index contributed by atoms with van der Waals surface area (Å²) in [5.74, 6) is -3.47. The molecule has 1 fully saturated rings. The zero-order valence-corrected chi connectivity index (χ0v) is 15.6. The molecule has 0 atom stereocenters. The maximum atomic E-state index is 13.4. The first-order valence-corrected chi connectivity index (χ1v) is 9.12. The van der Waals surface area contributed by atoms with Crippen molar-refractivity contribution in [3.63, 3.8) is 0 Å². The van der Waals surface area contributed by atoms with Gasteiger partial charge < -0.3 is 14.9 Å². The van der Waals surface area contributed by atoms with Crippen molar-refractivity contribution in [1.82, 2.24) is 4.90 Å². The van der Waals surface area contributed by atoms with Crippen LogP contribution in [0.5, 0.6) is 0 Å². The highest BCUT2D eigenvalue weighted by Crippen LogP contribution is 2.24. The molecule has 0 radical (unpaired) electrons. The van der Waals surface area contributed by atoms with E-state index in [0.717, 1.165) is 23.4 Å². The SMILES string of the molecule is CN(Cc1cccc(N2CCC(C(=O)O)CC2)c1)C(=O)c1ccc(F)c(F)c1. The smallest absolute Gasteiger partial charge is 0.306 e. The maximum Gasteiger partial charge on any atom is 0.306 e. The molecule has 1 saturated heterocycles. The van der Waals surface area contributed by atoms with E-state index in [0.29, 0.717) is 32.5 Å². The van der Waals surface area contributed by atoms with Gasteiger partial charge in [-0.15, -0.1) is 0 Å². The Kier molecular flexibility index (Phi) is 5.92. The molecule has 1 N–H and O–H groups in total. The predicted octanol–water partition coefficient (Wildman–Crippen LogP) is 3.54. The molecule has 3 rings (SSSR count). The van der Waals surface area contributed by atoms with Crippen molar-refractivity contribution in [2.24, 2.45) is 5.92 Å². The summed E-state index contributed by atoms with van der Waals surface area (Å²) in [5.41, 5.74) is 1.97. The summed E-state index contributed by atoms with van der Waals surface area (Å²) < 4.78 is 26.4. The summed E-state index contributed by atoms with van der Waals surface area (Å²) in [4.78, 5) is 27.1. The summed E-state index contributed by atoms with van der Waals surface area (Å²) in [6, 6.07) is 10.8. The second-order valence-electron chi connectivity index (χ2n) is 7.06. The number of hydrogen-bond donors (Lipinski definition) is 1. The molecular formula is C21H22F2N2O3. The van der Waals surface area contributed by atoms with Gasteiger partial charge in [0.25, 0.3) is 5.91 Å². The van der Waals surface area contributed by atoms with E-state index in [9.17, 15) is 18.4 Å². The fourth-order valence-corrected chi connectivity index (χ4v) is 3.43. The van der Waals surface area contributed by atoms with Crippen LogP contribution in [0, 0.1) is 17.6 Å². The normalized spacial score (nSPS) is 14.8. The fraction of sp³-hybridized carbons (Fsp3) is 0.333. The highest BCUT2D eigenvalue weighted by atomic mass is 19.2. The maximum absolute atomic E-state index is 13.4. The summed E-state index contributed by atoms with van der Waals surface area (Å²) in [5, 5.41) is 9.12. The summed E-state index contributed by atoms with van der Waals surface area (Å²) in [6.45, 7) is 1.66. The van der Waals surface area contributed by atoms with Gasteiger partial charge in [0.05, 0.1) is 5.92 Å². The molecule has 0 unspecified atom stereocenters. The van der Waals surface area contributed by atoms with Crippen LogP contribution in [-0.2, 0) is 11.3 Å². The van der Waals surface area contributed by atoms with Gasteiger partial charge in [0, 0.05) is 37.9 Å². The molecular weight excluding hydrogens is 366 g/mol. The van der Waals surface area contributed by atoms with Crippen LogP contribution in [0.4, 0.5) is 14.5 Å². The number of carboxylic acid groups (broad SMARTS) is 1. The molecule has 28 heavy (non-hydrogen) atoms. The summed E-state index contributed by atoms with van der Waals surface area (Å²) in [6.07, 6.45) is 1.21. The lowest BCUT2D eigenvalue weighted by Crippen LogP contribution is -2.36. The van der Waals surface area contributed by atoms with E-state index in [-0.39, 0.29) is 11.5 Å². The third-order valence-electron chi connectivity index (χ3n) is 5.05. The van der Waals surface area contributed by atoms with Crippen molar-refractivity contribution in [2.75, 3.05) is 25.0 Å². The van der Waals surface area contributed by atoms with E-state index in [4.69, 9.17) is 5.11 Å². The van der Waals surface area contributed by atoms with Gasteiger partial charge in [-0.2, -0.15) is 0 Å². The molecule has 2 aromatic rings. The first-order valence-electron chi connectivity index (χ1n) is 9.12. The summed E-state index contributed by atoms with van der Waals surface area (Å²) in [7, 11) is 1.61. The minimum atomic E-state index is -1.05. The lowest BCUT2D eigenvalue weighted by molar-refractivity contribution is -0.142. The first kappa shape index (κ1) is 19.8. The second kappa shape index (κ2) is 8.37. The van der Waals surface area contributed by atoms with Gasteiger partial charge in [-0.25, -0.2) is 8.78 Å². The molecule has 0 saturated carbocycles. The molecule has 7 heteroatoms. The third kappa shape index (κ3) is 4.47. The monoisotopic (exact) mass is 388 g/mol. The standard InChI is InChI=1S/C21H22F2N2O3/c1-24(20(26)16-5-6-18(22)19(23)12-16)13-14-3-2-4-17(11-14)25-9-7-15(8-10-25)21(27)28/h2-6,11-12,15H,7-10,13H2,1H3,(H,27,28). The molecule has 2 aromatic carbocycles. The van der Waals surface area contributed by atoms with Gasteiger partial charge in [-0.05, 0) is 48.7 Å². The molecule has 0 bridgehead atoms. The Bertz CT molecular complexity index is 880. The van der Waals surface area contributed by atoms with E-state index in [1.165, 1.54) is 11.0 Å². The van der Waals surface area contributed by atoms with E-state index >= 15 is 0 Å². The zero-order valence-electron chi connectivity index (χ0n) is 15.6.